The first-order chi connectivity index (χ1) is 13.7. The van der Waals surface area contributed by atoms with Gasteiger partial charge in [0.15, 0.2) is 6.29 Å². The molecule has 28 heavy (non-hydrogen) atoms. The molecule has 6 heteroatoms. The van der Waals surface area contributed by atoms with Crippen LogP contribution in [0.2, 0.25) is 0 Å². The predicted octanol–water partition coefficient (Wildman–Crippen LogP) is 4.47. The van der Waals surface area contributed by atoms with Gasteiger partial charge in [0.2, 0.25) is 5.88 Å². The largest absolute Gasteiger partial charge is 0.487 e. The highest BCUT2D eigenvalue weighted by Gasteiger charge is 2.18. The van der Waals surface area contributed by atoms with E-state index in [0.717, 1.165) is 36.8 Å². The Kier molecular flexibility index (Phi) is 7.14. The van der Waals surface area contributed by atoms with Crippen molar-refractivity contribution in [1.29, 1.82) is 0 Å². The van der Waals surface area contributed by atoms with E-state index in [1.807, 2.05) is 6.07 Å². The van der Waals surface area contributed by atoms with Crippen molar-refractivity contribution in [3.8, 4) is 11.6 Å². The molecule has 5 nitrogen and oxygen atoms in total. The standard InChI is InChI=1S/C22H24FNO4/c1-26-10-11-27-22-12-17(14-25)21(13-24-22)28-15-16-6-2-3-7-18(16)19-8-4-5-9-20(19)23/h4-5,8-9,12-14H,2-3,6-7,10-11,15H2,1H3. The summed E-state index contributed by atoms with van der Waals surface area (Å²) in [7, 11) is 1.58. The summed E-state index contributed by atoms with van der Waals surface area (Å²) in [6.45, 7) is 1.08. The van der Waals surface area contributed by atoms with Gasteiger partial charge in [-0.2, -0.15) is 0 Å². The van der Waals surface area contributed by atoms with Gasteiger partial charge in [-0.05, 0) is 42.9 Å². The summed E-state index contributed by atoms with van der Waals surface area (Å²) in [5, 5.41) is 0. The number of ether oxygens (including phenoxy) is 3. The summed E-state index contributed by atoms with van der Waals surface area (Å²) < 4.78 is 30.5. The third-order valence-corrected chi connectivity index (χ3v) is 4.72. The molecule has 1 aromatic carbocycles. The topological polar surface area (TPSA) is 57.7 Å². The van der Waals surface area contributed by atoms with Crippen molar-refractivity contribution in [3.63, 3.8) is 0 Å². The van der Waals surface area contributed by atoms with Gasteiger partial charge in [0.05, 0.1) is 18.4 Å². The Balaban J connectivity index is 1.76. The van der Waals surface area contributed by atoms with Crippen molar-refractivity contribution >= 4 is 11.9 Å². The predicted molar refractivity (Wildman–Crippen MR) is 104 cm³/mol. The van der Waals surface area contributed by atoms with Crippen LogP contribution in [0.1, 0.15) is 41.6 Å². The van der Waals surface area contributed by atoms with Gasteiger partial charge in [0.25, 0.3) is 0 Å². The number of aldehydes is 1. The van der Waals surface area contributed by atoms with E-state index in [2.05, 4.69) is 4.98 Å². The van der Waals surface area contributed by atoms with Gasteiger partial charge in [0.1, 0.15) is 24.8 Å². The van der Waals surface area contributed by atoms with Crippen molar-refractivity contribution in [2.45, 2.75) is 25.7 Å². The van der Waals surface area contributed by atoms with Crippen LogP contribution in [-0.4, -0.2) is 38.2 Å². The molecule has 0 saturated heterocycles. The maximum atomic E-state index is 14.2. The second-order valence-corrected chi connectivity index (χ2v) is 6.58. The molecular weight excluding hydrogens is 361 g/mol. The molecule has 3 rings (SSSR count). The number of benzene rings is 1. The highest BCUT2D eigenvalue weighted by Crippen LogP contribution is 2.34. The maximum Gasteiger partial charge on any atom is 0.214 e. The molecule has 0 unspecified atom stereocenters. The normalized spacial score (nSPS) is 14.1. The van der Waals surface area contributed by atoms with E-state index in [0.29, 0.717) is 48.9 Å². The molecule has 0 atom stereocenters. The van der Waals surface area contributed by atoms with Crippen LogP contribution in [0.25, 0.3) is 5.57 Å². The number of methoxy groups -OCH3 is 1. The highest BCUT2D eigenvalue weighted by atomic mass is 19.1. The van der Waals surface area contributed by atoms with Gasteiger partial charge in [-0.15, -0.1) is 0 Å². The third-order valence-electron chi connectivity index (χ3n) is 4.72. The van der Waals surface area contributed by atoms with Gasteiger partial charge in [-0.1, -0.05) is 18.2 Å². The lowest BCUT2D eigenvalue weighted by Crippen LogP contribution is -2.10. The second kappa shape index (κ2) is 9.99. The zero-order valence-electron chi connectivity index (χ0n) is 15.9. The van der Waals surface area contributed by atoms with Crippen LogP contribution in [0.3, 0.4) is 0 Å². The second-order valence-electron chi connectivity index (χ2n) is 6.58. The van der Waals surface area contributed by atoms with E-state index in [4.69, 9.17) is 14.2 Å². The Hall–Kier alpha value is -2.73. The Morgan fingerprint density at radius 1 is 1.14 bits per heavy atom. The molecule has 1 heterocycles. The number of rotatable bonds is 9. The zero-order chi connectivity index (χ0) is 19.8. The molecule has 0 aliphatic heterocycles. The Labute approximate surface area is 164 Å². The highest BCUT2D eigenvalue weighted by molar-refractivity contribution is 5.79. The van der Waals surface area contributed by atoms with Crippen molar-refractivity contribution in [3.05, 3.63) is 59.0 Å². The molecule has 0 spiro atoms. The van der Waals surface area contributed by atoms with Crippen LogP contribution >= 0.6 is 0 Å². The first-order valence-electron chi connectivity index (χ1n) is 9.38. The van der Waals surface area contributed by atoms with Crippen molar-refractivity contribution in [2.24, 2.45) is 0 Å². The number of carbonyl (C=O) groups is 1. The first-order valence-corrected chi connectivity index (χ1v) is 9.38. The lowest BCUT2D eigenvalue weighted by molar-refractivity contribution is 0.111. The van der Waals surface area contributed by atoms with Gasteiger partial charge in [-0.3, -0.25) is 4.79 Å². The van der Waals surface area contributed by atoms with E-state index in [9.17, 15) is 9.18 Å². The Morgan fingerprint density at radius 2 is 1.96 bits per heavy atom. The fourth-order valence-corrected chi connectivity index (χ4v) is 3.28. The van der Waals surface area contributed by atoms with Crippen LogP contribution in [0, 0.1) is 5.82 Å². The van der Waals surface area contributed by atoms with Crippen molar-refractivity contribution in [1.82, 2.24) is 4.98 Å². The lowest BCUT2D eigenvalue weighted by Gasteiger charge is -2.22. The van der Waals surface area contributed by atoms with E-state index in [1.165, 1.54) is 12.3 Å². The van der Waals surface area contributed by atoms with E-state index in [-0.39, 0.29) is 5.82 Å². The fourth-order valence-electron chi connectivity index (χ4n) is 3.28. The summed E-state index contributed by atoms with van der Waals surface area (Å²) in [6, 6.07) is 8.36. The van der Waals surface area contributed by atoms with Crippen LogP contribution < -0.4 is 9.47 Å². The monoisotopic (exact) mass is 385 g/mol. The fraction of sp³-hybridized carbons (Fsp3) is 0.364. The quantitative estimate of drug-likeness (QED) is 0.471. The van der Waals surface area contributed by atoms with Gasteiger partial charge < -0.3 is 14.2 Å². The molecule has 1 aliphatic rings. The molecule has 1 aromatic heterocycles. The SMILES string of the molecule is COCCOc1cc(C=O)c(OCC2=C(c3ccccc3F)CCCC2)cn1. The van der Waals surface area contributed by atoms with Crippen LogP contribution in [0.5, 0.6) is 11.6 Å². The minimum atomic E-state index is -0.218. The number of pyridine rings is 1. The number of hydrogen-bond acceptors (Lipinski definition) is 5. The first kappa shape index (κ1) is 20.0. The van der Waals surface area contributed by atoms with Crippen LogP contribution in [0.4, 0.5) is 4.39 Å². The van der Waals surface area contributed by atoms with Crippen molar-refractivity contribution < 1.29 is 23.4 Å². The Bertz CT molecular complexity index is 850. The molecular formula is C22H24FNO4. The zero-order valence-corrected chi connectivity index (χ0v) is 15.9. The third kappa shape index (κ3) is 4.95. The molecule has 0 radical (unpaired) electrons. The molecule has 1 aliphatic carbocycles. The molecule has 0 bridgehead atoms. The van der Waals surface area contributed by atoms with Crippen LogP contribution in [-0.2, 0) is 4.74 Å². The summed E-state index contributed by atoms with van der Waals surface area (Å²) in [5.41, 5.74) is 3.07. The van der Waals surface area contributed by atoms with Crippen molar-refractivity contribution in [2.75, 3.05) is 26.9 Å². The number of carbonyl (C=O) groups excluding carboxylic acids is 1. The molecule has 148 valence electrons. The number of halogens is 1. The number of nitrogens with zero attached hydrogens (tertiary/aromatic N) is 1. The lowest BCUT2D eigenvalue weighted by atomic mass is 9.87. The average Bonchev–Trinajstić information content (AvgIpc) is 2.73. The summed E-state index contributed by atoms with van der Waals surface area (Å²) in [4.78, 5) is 15.6. The molecule has 0 saturated carbocycles. The summed E-state index contributed by atoms with van der Waals surface area (Å²) in [5.74, 6) is 0.514. The molecule has 0 N–H and O–H groups in total. The minimum absolute atomic E-state index is 0.218. The molecule has 2 aromatic rings. The summed E-state index contributed by atoms with van der Waals surface area (Å²) in [6.07, 6.45) is 5.95. The Morgan fingerprint density at radius 3 is 2.75 bits per heavy atom. The average molecular weight is 385 g/mol. The minimum Gasteiger partial charge on any atom is -0.487 e. The van der Waals surface area contributed by atoms with Gasteiger partial charge in [-0.25, -0.2) is 9.37 Å². The molecule has 0 amide bonds. The number of hydrogen-bond donors (Lipinski definition) is 0. The van der Waals surface area contributed by atoms with E-state index < -0.39 is 0 Å². The van der Waals surface area contributed by atoms with E-state index in [1.54, 1.807) is 25.3 Å². The van der Waals surface area contributed by atoms with E-state index >= 15 is 0 Å². The van der Waals surface area contributed by atoms with Gasteiger partial charge >= 0.3 is 0 Å². The molecule has 0 fully saturated rings. The number of aromatic nitrogens is 1. The smallest absolute Gasteiger partial charge is 0.214 e. The maximum absolute atomic E-state index is 14.2. The van der Waals surface area contributed by atoms with Crippen LogP contribution in [0.15, 0.2) is 42.1 Å². The number of allylic oxidation sites excluding steroid dienone is 1. The summed E-state index contributed by atoms with van der Waals surface area (Å²) >= 11 is 0. The van der Waals surface area contributed by atoms with Gasteiger partial charge in [0, 0.05) is 18.7 Å².